The van der Waals surface area contributed by atoms with Gasteiger partial charge >= 0.3 is 0 Å². The molecule has 1 N–H and O–H groups in total. The van der Waals surface area contributed by atoms with Gasteiger partial charge in [0.2, 0.25) is 5.88 Å². The average Bonchev–Trinajstić information content (AvgIpc) is 2.69. The first-order valence-corrected chi connectivity index (χ1v) is 10.4. The number of pyridine rings is 1. The molecule has 0 amide bonds. The van der Waals surface area contributed by atoms with E-state index in [1.165, 1.54) is 24.8 Å². The summed E-state index contributed by atoms with van der Waals surface area (Å²) in [6.45, 7) is 7.29. The van der Waals surface area contributed by atoms with Gasteiger partial charge in [0.1, 0.15) is 0 Å². The van der Waals surface area contributed by atoms with Gasteiger partial charge in [-0.3, -0.25) is 4.84 Å². The molecule has 152 valence electrons. The number of methoxy groups -OCH3 is 1. The molecule has 0 saturated carbocycles. The monoisotopic (exact) mass is 377 g/mol. The predicted octanol–water partition coefficient (Wildman–Crippen LogP) is 2.43. The van der Waals surface area contributed by atoms with Crippen LogP contribution in [0.4, 0.5) is 0 Å². The zero-order valence-corrected chi connectivity index (χ0v) is 16.9. The fraction of sp³-hybridized carbons (Fsp3) is 0.762. The molecule has 0 aliphatic carbocycles. The van der Waals surface area contributed by atoms with Gasteiger partial charge in [-0.25, -0.2) is 4.98 Å². The van der Waals surface area contributed by atoms with Crippen LogP contribution in [0.15, 0.2) is 12.1 Å². The van der Waals surface area contributed by atoms with Gasteiger partial charge in [-0.1, -0.05) is 12.5 Å². The Morgan fingerprint density at radius 3 is 2.56 bits per heavy atom. The maximum absolute atomic E-state index is 10.2. The minimum absolute atomic E-state index is 0.395. The molecule has 0 radical (unpaired) electrons. The van der Waals surface area contributed by atoms with Crippen molar-refractivity contribution in [1.82, 2.24) is 14.9 Å². The second-order valence-corrected chi connectivity index (χ2v) is 7.99. The minimum atomic E-state index is -0.395. The van der Waals surface area contributed by atoms with E-state index in [0.717, 1.165) is 57.7 Å². The van der Waals surface area contributed by atoms with E-state index < -0.39 is 6.10 Å². The summed E-state index contributed by atoms with van der Waals surface area (Å²) in [5, 5.41) is 12.3. The molecule has 2 fully saturated rings. The molecular formula is C21H35N3O3. The van der Waals surface area contributed by atoms with Gasteiger partial charge in [0, 0.05) is 31.4 Å². The fourth-order valence-corrected chi connectivity index (χ4v) is 4.13. The molecular weight excluding hydrogens is 342 g/mol. The Balaban J connectivity index is 1.35. The largest absolute Gasteiger partial charge is 0.481 e. The van der Waals surface area contributed by atoms with E-state index in [4.69, 9.17) is 9.57 Å². The zero-order chi connectivity index (χ0) is 19.1. The fourth-order valence-electron chi connectivity index (χ4n) is 4.13. The number of aliphatic hydroxyl groups excluding tert-OH is 1. The highest BCUT2D eigenvalue weighted by Gasteiger charge is 2.22. The molecule has 3 heterocycles. The Bertz CT molecular complexity index is 570. The van der Waals surface area contributed by atoms with Gasteiger partial charge in [-0.05, 0) is 63.6 Å². The third-order valence-electron chi connectivity index (χ3n) is 5.83. The van der Waals surface area contributed by atoms with E-state index in [2.05, 4.69) is 22.9 Å². The lowest BCUT2D eigenvalue weighted by atomic mass is 9.90. The lowest BCUT2D eigenvalue weighted by Crippen LogP contribution is -2.41. The minimum Gasteiger partial charge on any atom is -0.481 e. The van der Waals surface area contributed by atoms with Gasteiger partial charge < -0.3 is 14.7 Å². The quantitative estimate of drug-likeness (QED) is 0.751. The number of piperidine rings is 2. The van der Waals surface area contributed by atoms with E-state index in [-0.39, 0.29) is 0 Å². The van der Waals surface area contributed by atoms with Crippen molar-refractivity contribution >= 4 is 0 Å². The van der Waals surface area contributed by atoms with Crippen LogP contribution in [0.5, 0.6) is 5.88 Å². The standard InChI is InChI=1S/C21H35N3O3/c1-17-19(6-7-21(22-17)26-2)14-18-8-12-24(13-9-18)27-16-20(25)15-23-10-4-3-5-11-23/h6-7,18,20,25H,3-5,8-16H2,1-2H3. The van der Waals surface area contributed by atoms with Crippen LogP contribution in [0.25, 0.3) is 0 Å². The number of rotatable bonds is 8. The number of hydroxylamine groups is 2. The van der Waals surface area contributed by atoms with Crippen LogP contribution >= 0.6 is 0 Å². The molecule has 6 heteroatoms. The SMILES string of the molecule is COc1ccc(CC2CCN(OCC(O)CN3CCCCC3)CC2)c(C)n1. The molecule has 0 aromatic carbocycles. The summed E-state index contributed by atoms with van der Waals surface area (Å²) < 4.78 is 5.19. The smallest absolute Gasteiger partial charge is 0.213 e. The zero-order valence-electron chi connectivity index (χ0n) is 16.9. The van der Waals surface area contributed by atoms with Crippen LogP contribution in [-0.4, -0.2) is 72.6 Å². The van der Waals surface area contributed by atoms with Crippen molar-refractivity contribution in [2.45, 2.75) is 51.6 Å². The maximum Gasteiger partial charge on any atom is 0.213 e. The Morgan fingerprint density at radius 1 is 1.15 bits per heavy atom. The molecule has 1 unspecified atom stereocenters. The molecule has 1 aromatic rings. The summed E-state index contributed by atoms with van der Waals surface area (Å²) in [7, 11) is 1.65. The van der Waals surface area contributed by atoms with Crippen LogP contribution in [0.1, 0.15) is 43.4 Å². The first-order chi connectivity index (χ1) is 13.1. The Kier molecular flexibility index (Phi) is 7.88. The number of β-amino-alcohol motifs (C(OH)–C–C–N with tert-alkyl or cyclic N) is 1. The number of aliphatic hydroxyl groups is 1. The highest BCUT2D eigenvalue weighted by molar-refractivity contribution is 5.25. The normalized spacial score (nSPS) is 21.3. The number of hydrogen-bond donors (Lipinski definition) is 1. The molecule has 2 aliphatic heterocycles. The van der Waals surface area contributed by atoms with Crippen LogP contribution in [0.2, 0.25) is 0 Å². The summed E-state index contributed by atoms with van der Waals surface area (Å²) in [5.41, 5.74) is 2.38. The summed E-state index contributed by atoms with van der Waals surface area (Å²) in [6, 6.07) is 4.09. The van der Waals surface area contributed by atoms with Crippen LogP contribution in [0.3, 0.4) is 0 Å². The van der Waals surface area contributed by atoms with E-state index in [1.807, 2.05) is 11.1 Å². The lowest BCUT2D eigenvalue weighted by molar-refractivity contribution is -0.192. The molecule has 27 heavy (non-hydrogen) atoms. The molecule has 6 nitrogen and oxygen atoms in total. The molecule has 0 bridgehead atoms. The molecule has 2 aliphatic rings. The topological polar surface area (TPSA) is 58.1 Å². The Morgan fingerprint density at radius 2 is 1.89 bits per heavy atom. The number of aryl methyl sites for hydroxylation is 1. The van der Waals surface area contributed by atoms with Crippen LogP contribution in [0, 0.1) is 12.8 Å². The van der Waals surface area contributed by atoms with E-state index in [1.54, 1.807) is 7.11 Å². The second kappa shape index (κ2) is 10.4. The first-order valence-electron chi connectivity index (χ1n) is 10.4. The van der Waals surface area contributed by atoms with Gasteiger partial charge in [0.05, 0.1) is 19.8 Å². The predicted molar refractivity (Wildman–Crippen MR) is 106 cm³/mol. The van der Waals surface area contributed by atoms with Gasteiger partial charge in [0.25, 0.3) is 0 Å². The van der Waals surface area contributed by atoms with Crippen molar-refractivity contribution in [3.05, 3.63) is 23.4 Å². The van der Waals surface area contributed by atoms with E-state index in [0.29, 0.717) is 18.4 Å². The highest BCUT2D eigenvalue weighted by Crippen LogP contribution is 2.24. The average molecular weight is 378 g/mol. The van der Waals surface area contributed by atoms with Crippen molar-refractivity contribution in [3.8, 4) is 5.88 Å². The van der Waals surface area contributed by atoms with Crippen molar-refractivity contribution < 1.29 is 14.7 Å². The summed E-state index contributed by atoms with van der Waals surface area (Å²) >= 11 is 0. The molecule has 3 rings (SSSR count). The molecule has 2 saturated heterocycles. The van der Waals surface area contributed by atoms with Crippen LogP contribution in [-0.2, 0) is 11.3 Å². The number of aromatic nitrogens is 1. The summed E-state index contributed by atoms with van der Waals surface area (Å²) in [5.74, 6) is 1.35. The van der Waals surface area contributed by atoms with E-state index in [9.17, 15) is 5.11 Å². The number of hydrogen-bond acceptors (Lipinski definition) is 6. The van der Waals surface area contributed by atoms with Crippen molar-refractivity contribution in [1.29, 1.82) is 0 Å². The molecule has 0 spiro atoms. The first kappa shape index (κ1) is 20.5. The molecule has 1 aromatic heterocycles. The summed E-state index contributed by atoms with van der Waals surface area (Å²) in [6.07, 6.45) is 6.74. The Hall–Kier alpha value is -1.21. The highest BCUT2D eigenvalue weighted by atomic mass is 16.7. The Labute approximate surface area is 163 Å². The van der Waals surface area contributed by atoms with Gasteiger partial charge in [-0.15, -0.1) is 0 Å². The number of likely N-dealkylation sites (tertiary alicyclic amines) is 1. The van der Waals surface area contributed by atoms with E-state index >= 15 is 0 Å². The van der Waals surface area contributed by atoms with Gasteiger partial charge in [-0.2, -0.15) is 5.06 Å². The van der Waals surface area contributed by atoms with Crippen molar-refractivity contribution in [2.24, 2.45) is 5.92 Å². The maximum atomic E-state index is 10.2. The summed E-state index contributed by atoms with van der Waals surface area (Å²) in [4.78, 5) is 12.7. The third kappa shape index (κ3) is 6.42. The second-order valence-electron chi connectivity index (χ2n) is 7.99. The number of nitrogens with zero attached hydrogens (tertiary/aromatic N) is 3. The molecule has 1 atom stereocenters. The van der Waals surface area contributed by atoms with Crippen LogP contribution < -0.4 is 4.74 Å². The lowest BCUT2D eigenvalue weighted by Gasteiger charge is -2.33. The third-order valence-corrected chi connectivity index (χ3v) is 5.83. The number of ether oxygens (including phenoxy) is 1. The van der Waals surface area contributed by atoms with Crippen molar-refractivity contribution in [3.63, 3.8) is 0 Å². The van der Waals surface area contributed by atoms with Gasteiger partial charge in [0.15, 0.2) is 0 Å². The van der Waals surface area contributed by atoms with Crippen molar-refractivity contribution in [2.75, 3.05) is 46.4 Å².